The van der Waals surface area contributed by atoms with Crippen molar-refractivity contribution in [2.45, 2.75) is 6.92 Å². The molecule has 0 aliphatic rings. The first-order valence-corrected chi connectivity index (χ1v) is 8.35. The molecule has 4 aromatic rings. The molecule has 0 aliphatic carbocycles. The Morgan fingerprint density at radius 1 is 1.07 bits per heavy atom. The first-order valence-electron chi connectivity index (χ1n) is 7.97. The summed E-state index contributed by atoms with van der Waals surface area (Å²) < 4.78 is 0. The molecular weight excluding hydrogens is 362 g/mol. The first-order chi connectivity index (χ1) is 13.1. The van der Waals surface area contributed by atoms with Crippen LogP contribution in [0.1, 0.15) is 11.3 Å². The number of rotatable bonds is 2. The zero-order valence-corrected chi connectivity index (χ0v) is 14.9. The van der Waals surface area contributed by atoms with Crippen molar-refractivity contribution in [2.24, 2.45) is 0 Å². The number of aromatic nitrogens is 5. The summed E-state index contributed by atoms with van der Waals surface area (Å²) in [6.45, 7) is 1.98. The highest BCUT2D eigenvalue weighted by molar-refractivity contribution is 6.35. The van der Waals surface area contributed by atoms with Gasteiger partial charge >= 0.3 is 0 Å². The maximum absolute atomic E-state index is 9.33. The van der Waals surface area contributed by atoms with Crippen LogP contribution in [-0.2, 0) is 0 Å². The summed E-state index contributed by atoms with van der Waals surface area (Å²) in [7, 11) is 0. The Balaban J connectivity index is 2.05. The van der Waals surface area contributed by atoms with Crippen LogP contribution in [0.2, 0.25) is 5.02 Å². The third-order valence-electron chi connectivity index (χ3n) is 4.12. The maximum Gasteiger partial charge on any atom is 0.183 e. The van der Waals surface area contributed by atoms with E-state index in [4.69, 9.17) is 17.3 Å². The Labute approximate surface area is 159 Å². The number of nitrogens with two attached hydrogens (primary N) is 1. The monoisotopic (exact) mass is 373 g/mol. The fraction of sp³-hybridized carbons (Fsp3) is 0.0526. The number of nitrogens with zero attached hydrogens (tertiary/aromatic N) is 6. The van der Waals surface area contributed by atoms with Gasteiger partial charge < -0.3 is 5.73 Å². The molecule has 0 fully saturated rings. The van der Waals surface area contributed by atoms with Gasteiger partial charge in [0.05, 0.1) is 16.7 Å². The van der Waals surface area contributed by atoms with E-state index in [1.54, 1.807) is 30.9 Å². The van der Waals surface area contributed by atoms with Gasteiger partial charge in [0.25, 0.3) is 0 Å². The molecule has 2 N–H and O–H groups in total. The molecule has 8 heteroatoms. The van der Waals surface area contributed by atoms with Crippen molar-refractivity contribution < 1.29 is 0 Å². The Kier molecular flexibility index (Phi) is 4.11. The molecule has 27 heavy (non-hydrogen) atoms. The number of pyridine rings is 1. The van der Waals surface area contributed by atoms with Gasteiger partial charge in [-0.3, -0.25) is 15.0 Å². The van der Waals surface area contributed by atoms with Crippen molar-refractivity contribution in [1.82, 2.24) is 24.9 Å². The van der Waals surface area contributed by atoms with Crippen LogP contribution in [0.3, 0.4) is 0 Å². The predicted molar refractivity (Wildman–Crippen MR) is 103 cm³/mol. The zero-order valence-electron chi connectivity index (χ0n) is 14.2. The standard InChI is InChI=1S/C19H12ClN7/c1-10-2-3-25-17-12(10)6-11(7-13(17)20)16-18(15-9-23-4-5-24-15)27-19(22)14(8-21)26-16/h2-7,9H,1H3,(H2,22,27). The summed E-state index contributed by atoms with van der Waals surface area (Å²) in [6.07, 6.45) is 6.39. The molecule has 0 bridgehead atoms. The highest BCUT2D eigenvalue weighted by Crippen LogP contribution is 2.34. The number of anilines is 1. The molecule has 0 unspecified atom stereocenters. The van der Waals surface area contributed by atoms with Crippen molar-refractivity contribution in [2.75, 3.05) is 5.73 Å². The van der Waals surface area contributed by atoms with E-state index >= 15 is 0 Å². The first kappa shape index (κ1) is 16.8. The molecular formula is C19H12ClN7. The van der Waals surface area contributed by atoms with Crippen LogP contribution in [0.4, 0.5) is 5.82 Å². The molecule has 0 atom stereocenters. The second-order valence-corrected chi connectivity index (χ2v) is 6.25. The van der Waals surface area contributed by atoms with Gasteiger partial charge in [-0.2, -0.15) is 5.26 Å². The Morgan fingerprint density at radius 2 is 1.93 bits per heavy atom. The number of hydrogen-bond donors (Lipinski definition) is 1. The molecule has 0 amide bonds. The van der Waals surface area contributed by atoms with Gasteiger partial charge in [-0.15, -0.1) is 0 Å². The lowest BCUT2D eigenvalue weighted by molar-refractivity contribution is 1.14. The average Bonchev–Trinajstić information content (AvgIpc) is 2.69. The van der Waals surface area contributed by atoms with Crippen molar-refractivity contribution in [3.63, 3.8) is 0 Å². The van der Waals surface area contributed by atoms with Gasteiger partial charge in [0, 0.05) is 29.5 Å². The minimum Gasteiger partial charge on any atom is -0.381 e. The molecule has 0 spiro atoms. The van der Waals surface area contributed by atoms with Crippen LogP contribution in [0.15, 0.2) is 43.0 Å². The summed E-state index contributed by atoms with van der Waals surface area (Å²) in [5, 5.41) is 10.7. The highest BCUT2D eigenvalue weighted by atomic mass is 35.5. The summed E-state index contributed by atoms with van der Waals surface area (Å²) in [5.41, 5.74) is 9.70. The summed E-state index contributed by atoms with van der Waals surface area (Å²) >= 11 is 6.46. The second-order valence-electron chi connectivity index (χ2n) is 5.84. The Bertz CT molecular complexity index is 1220. The highest BCUT2D eigenvalue weighted by Gasteiger charge is 2.18. The zero-order chi connectivity index (χ0) is 19.0. The molecule has 7 nitrogen and oxygen atoms in total. The molecule has 0 saturated carbocycles. The van der Waals surface area contributed by atoms with E-state index in [2.05, 4.69) is 24.9 Å². The summed E-state index contributed by atoms with van der Waals surface area (Å²) in [5.74, 6) is 0.0339. The number of aryl methyl sites for hydroxylation is 1. The number of hydrogen-bond acceptors (Lipinski definition) is 7. The van der Waals surface area contributed by atoms with Crippen LogP contribution < -0.4 is 5.73 Å². The normalized spacial score (nSPS) is 10.7. The predicted octanol–water partition coefficient (Wildman–Crippen LogP) is 3.56. The van der Waals surface area contributed by atoms with Gasteiger partial charge in [0.2, 0.25) is 0 Å². The molecule has 130 valence electrons. The van der Waals surface area contributed by atoms with Crippen molar-refractivity contribution in [1.29, 1.82) is 5.26 Å². The molecule has 4 rings (SSSR count). The fourth-order valence-electron chi connectivity index (χ4n) is 2.81. The van der Waals surface area contributed by atoms with E-state index in [1.807, 2.05) is 25.1 Å². The second kappa shape index (κ2) is 6.59. The van der Waals surface area contributed by atoms with Gasteiger partial charge in [-0.1, -0.05) is 11.6 Å². The number of benzene rings is 1. The molecule has 0 radical (unpaired) electrons. The van der Waals surface area contributed by atoms with Crippen LogP contribution in [0.25, 0.3) is 33.5 Å². The smallest absolute Gasteiger partial charge is 0.183 e. The number of fused-ring (bicyclic) bond motifs is 1. The number of nitrogen functional groups attached to an aromatic ring is 1. The largest absolute Gasteiger partial charge is 0.381 e. The van der Waals surface area contributed by atoms with Crippen molar-refractivity contribution >= 4 is 28.3 Å². The minimum atomic E-state index is 0.0339. The minimum absolute atomic E-state index is 0.0339. The molecule has 0 aliphatic heterocycles. The summed E-state index contributed by atoms with van der Waals surface area (Å²) in [6, 6.07) is 7.54. The van der Waals surface area contributed by atoms with E-state index in [0.29, 0.717) is 33.2 Å². The Morgan fingerprint density at radius 3 is 2.67 bits per heavy atom. The third-order valence-corrected chi connectivity index (χ3v) is 4.41. The van der Waals surface area contributed by atoms with E-state index in [-0.39, 0.29) is 11.5 Å². The average molecular weight is 374 g/mol. The van der Waals surface area contributed by atoms with E-state index in [1.165, 1.54) is 0 Å². The SMILES string of the molecule is Cc1ccnc2c(Cl)cc(-c3nc(C#N)c(N)nc3-c3cnccn3)cc12. The van der Waals surface area contributed by atoms with Gasteiger partial charge in [0.1, 0.15) is 23.2 Å². The van der Waals surface area contributed by atoms with E-state index in [9.17, 15) is 5.26 Å². The quantitative estimate of drug-likeness (QED) is 0.571. The topological polar surface area (TPSA) is 114 Å². The van der Waals surface area contributed by atoms with Crippen molar-refractivity contribution in [3.05, 3.63) is 59.3 Å². The summed E-state index contributed by atoms with van der Waals surface area (Å²) in [4.78, 5) is 21.5. The van der Waals surface area contributed by atoms with Crippen LogP contribution in [-0.4, -0.2) is 24.9 Å². The molecule has 3 heterocycles. The van der Waals surface area contributed by atoms with Crippen LogP contribution >= 0.6 is 11.6 Å². The Hall–Kier alpha value is -3.63. The van der Waals surface area contributed by atoms with Crippen molar-refractivity contribution in [3.8, 4) is 28.7 Å². The van der Waals surface area contributed by atoms with Crippen LogP contribution in [0.5, 0.6) is 0 Å². The third kappa shape index (κ3) is 2.92. The lowest BCUT2D eigenvalue weighted by atomic mass is 10.0. The van der Waals surface area contributed by atoms with E-state index in [0.717, 1.165) is 10.9 Å². The van der Waals surface area contributed by atoms with Crippen LogP contribution in [0, 0.1) is 18.3 Å². The lowest BCUT2D eigenvalue weighted by Gasteiger charge is -2.12. The maximum atomic E-state index is 9.33. The molecule has 3 aromatic heterocycles. The number of nitriles is 1. The number of halogens is 1. The van der Waals surface area contributed by atoms with Gasteiger partial charge in [-0.25, -0.2) is 9.97 Å². The molecule has 1 aromatic carbocycles. The van der Waals surface area contributed by atoms with Gasteiger partial charge in [-0.05, 0) is 30.7 Å². The fourth-order valence-corrected chi connectivity index (χ4v) is 3.08. The van der Waals surface area contributed by atoms with Gasteiger partial charge in [0.15, 0.2) is 11.5 Å². The molecule has 0 saturated heterocycles. The lowest BCUT2D eigenvalue weighted by Crippen LogP contribution is -2.04. The van der Waals surface area contributed by atoms with E-state index < -0.39 is 0 Å².